The molecule has 18 heavy (non-hydrogen) atoms. The Morgan fingerprint density at radius 2 is 2.17 bits per heavy atom. The number of aryl methyl sites for hydroxylation is 1. The van der Waals surface area contributed by atoms with Crippen LogP contribution < -0.4 is 0 Å². The molecular formula is C14H20FNO2. The number of hydrogen-bond donors (Lipinski definition) is 0. The van der Waals surface area contributed by atoms with Crippen molar-refractivity contribution >= 4 is 5.91 Å². The van der Waals surface area contributed by atoms with Crippen molar-refractivity contribution in [2.45, 2.75) is 26.8 Å². The Bertz CT molecular complexity index is 420. The van der Waals surface area contributed by atoms with Gasteiger partial charge in [-0.1, -0.05) is 0 Å². The van der Waals surface area contributed by atoms with Crippen molar-refractivity contribution in [1.29, 1.82) is 0 Å². The van der Waals surface area contributed by atoms with E-state index in [2.05, 4.69) is 0 Å². The average molecular weight is 253 g/mol. The van der Waals surface area contributed by atoms with Gasteiger partial charge in [0.25, 0.3) is 5.91 Å². The van der Waals surface area contributed by atoms with Crippen molar-refractivity contribution in [2.75, 3.05) is 20.3 Å². The number of ether oxygens (including phenoxy) is 1. The number of carbonyl (C=O) groups excluding carboxylic acids is 1. The second-order valence-corrected chi connectivity index (χ2v) is 4.35. The normalized spacial score (nSPS) is 12.3. The summed E-state index contributed by atoms with van der Waals surface area (Å²) in [7, 11) is 1.61. The Morgan fingerprint density at radius 3 is 2.67 bits per heavy atom. The van der Waals surface area contributed by atoms with Crippen LogP contribution in [-0.4, -0.2) is 37.1 Å². The lowest BCUT2D eigenvalue weighted by Crippen LogP contribution is -2.41. The highest BCUT2D eigenvalue weighted by Crippen LogP contribution is 2.14. The van der Waals surface area contributed by atoms with Gasteiger partial charge in [0, 0.05) is 19.2 Å². The van der Waals surface area contributed by atoms with E-state index in [0.717, 1.165) is 0 Å². The van der Waals surface area contributed by atoms with Crippen LogP contribution in [0.2, 0.25) is 0 Å². The third-order valence-electron chi connectivity index (χ3n) is 2.96. The molecule has 0 aliphatic carbocycles. The fourth-order valence-corrected chi connectivity index (χ4v) is 2.01. The van der Waals surface area contributed by atoms with E-state index in [4.69, 9.17) is 4.74 Å². The Labute approximate surface area is 108 Å². The second-order valence-electron chi connectivity index (χ2n) is 4.35. The SMILES string of the molecule is CCN(C(=O)c1ccc(F)cc1C)C(C)COC. The fraction of sp³-hybridized carbons (Fsp3) is 0.500. The molecule has 1 unspecified atom stereocenters. The zero-order valence-corrected chi connectivity index (χ0v) is 11.4. The predicted octanol–water partition coefficient (Wildman–Crippen LogP) is 2.63. The van der Waals surface area contributed by atoms with Gasteiger partial charge in [-0.05, 0) is 44.5 Å². The standard InChI is InChI=1S/C14H20FNO2/c1-5-16(11(3)9-18-4)14(17)13-7-6-12(15)8-10(13)2/h6-8,11H,5,9H2,1-4H3. The Morgan fingerprint density at radius 1 is 1.50 bits per heavy atom. The number of benzene rings is 1. The monoisotopic (exact) mass is 253 g/mol. The molecule has 100 valence electrons. The Balaban J connectivity index is 2.96. The molecule has 0 radical (unpaired) electrons. The molecule has 1 amide bonds. The molecule has 1 aromatic rings. The molecular weight excluding hydrogens is 233 g/mol. The summed E-state index contributed by atoms with van der Waals surface area (Å²) in [5, 5.41) is 0. The second kappa shape index (κ2) is 6.50. The number of nitrogens with zero attached hydrogens (tertiary/aromatic N) is 1. The summed E-state index contributed by atoms with van der Waals surface area (Å²) in [6.07, 6.45) is 0. The largest absolute Gasteiger partial charge is 0.383 e. The molecule has 1 atom stereocenters. The van der Waals surface area contributed by atoms with Crippen molar-refractivity contribution < 1.29 is 13.9 Å². The summed E-state index contributed by atoms with van der Waals surface area (Å²) in [5.41, 5.74) is 1.20. The lowest BCUT2D eigenvalue weighted by atomic mass is 10.1. The van der Waals surface area contributed by atoms with E-state index >= 15 is 0 Å². The Hall–Kier alpha value is -1.42. The van der Waals surface area contributed by atoms with E-state index < -0.39 is 0 Å². The third-order valence-corrected chi connectivity index (χ3v) is 2.96. The molecule has 0 aliphatic rings. The van der Waals surface area contributed by atoms with Gasteiger partial charge in [-0.3, -0.25) is 4.79 Å². The first-order valence-corrected chi connectivity index (χ1v) is 6.07. The molecule has 0 N–H and O–H groups in total. The topological polar surface area (TPSA) is 29.5 Å². The van der Waals surface area contributed by atoms with E-state index in [1.54, 1.807) is 18.9 Å². The molecule has 0 fully saturated rings. The van der Waals surface area contributed by atoms with E-state index in [9.17, 15) is 9.18 Å². The number of methoxy groups -OCH3 is 1. The van der Waals surface area contributed by atoms with Gasteiger partial charge < -0.3 is 9.64 Å². The van der Waals surface area contributed by atoms with E-state index in [1.165, 1.54) is 18.2 Å². The van der Waals surface area contributed by atoms with Crippen molar-refractivity contribution in [1.82, 2.24) is 4.90 Å². The van der Waals surface area contributed by atoms with Gasteiger partial charge in [0.05, 0.1) is 12.6 Å². The van der Waals surface area contributed by atoms with E-state index in [0.29, 0.717) is 24.3 Å². The zero-order chi connectivity index (χ0) is 13.7. The first kappa shape index (κ1) is 14.6. The van der Waals surface area contributed by atoms with Crippen LogP contribution in [0.25, 0.3) is 0 Å². The molecule has 1 rings (SSSR count). The molecule has 0 aliphatic heterocycles. The summed E-state index contributed by atoms with van der Waals surface area (Å²) >= 11 is 0. The number of rotatable bonds is 5. The van der Waals surface area contributed by atoms with Gasteiger partial charge in [0.1, 0.15) is 5.82 Å². The van der Waals surface area contributed by atoms with Gasteiger partial charge in [0.15, 0.2) is 0 Å². The van der Waals surface area contributed by atoms with Crippen LogP contribution in [-0.2, 0) is 4.74 Å². The molecule has 0 heterocycles. The smallest absolute Gasteiger partial charge is 0.254 e. The molecule has 0 saturated heterocycles. The number of amides is 1. The van der Waals surface area contributed by atoms with Gasteiger partial charge in [-0.15, -0.1) is 0 Å². The van der Waals surface area contributed by atoms with Crippen LogP contribution in [0.4, 0.5) is 4.39 Å². The quantitative estimate of drug-likeness (QED) is 0.807. The first-order valence-electron chi connectivity index (χ1n) is 6.07. The zero-order valence-electron chi connectivity index (χ0n) is 11.4. The number of carbonyl (C=O) groups is 1. The van der Waals surface area contributed by atoms with Crippen LogP contribution in [0.1, 0.15) is 29.8 Å². The first-order chi connectivity index (χ1) is 8.51. The number of likely N-dealkylation sites (N-methyl/N-ethyl adjacent to an activating group) is 1. The maximum atomic E-state index is 13.0. The summed E-state index contributed by atoms with van der Waals surface area (Å²) in [6, 6.07) is 4.23. The molecule has 0 saturated carbocycles. The van der Waals surface area contributed by atoms with Crippen molar-refractivity contribution in [3.8, 4) is 0 Å². The minimum absolute atomic E-state index is 0.00282. The summed E-state index contributed by atoms with van der Waals surface area (Å²) in [5.74, 6) is -0.406. The molecule has 4 heteroatoms. The van der Waals surface area contributed by atoms with Crippen LogP contribution in [0.3, 0.4) is 0 Å². The maximum Gasteiger partial charge on any atom is 0.254 e. The third kappa shape index (κ3) is 3.29. The van der Waals surface area contributed by atoms with Crippen LogP contribution in [0.5, 0.6) is 0 Å². The average Bonchev–Trinajstić information content (AvgIpc) is 2.29. The van der Waals surface area contributed by atoms with Gasteiger partial charge >= 0.3 is 0 Å². The highest BCUT2D eigenvalue weighted by atomic mass is 19.1. The van der Waals surface area contributed by atoms with E-state index in [-0.39, 0.29) is 17.8 Å². The Kier molecular flexibility index (Phi) is 5.28. The van der Waals surface area contributed by atoms with Gasteiger partial charge in [0.2, 0.25) is 0 Å². The predicted molar refractivity (Wildman–Crippen MR) is 69.2 cm³/mol. The van der Waals surface area contributed by atoms with Crippen molar-refractivity contribution in [3.05, 3.63) is 35.1 Å². The minimum Gasteiger partial charge on any atom is -0.383 e. The molecule has 3 nitrogen and oxygen atoms in total. The van der Waals surface area contributed by atoms with E-state index in [1.807, 2.05) is 13.8 Å². The molecule has 0 aromatic heterocycles. The van der Waals surface area contributed by atoms with Crippen molar-refractivity contribution in [2.24, 2.45) is 0 Å². The maximum absolute atomic E-state index is 13.0. The summed E-state index contributed by atoms with van der Waals surface area (Å²) in [6.45, 7) is 6.68. The highest BCUT2D eigenvalue weighted by molar-refractivity contribution is 5.95. The minimum atomic E-state index is -0.322. The summed E-state index contributed by atoms with van der Waals surface area (Å²) < 4.78 is 18.1. The molecule has 0 bridgehead atoms. The highest BCUT2D eigenvalue weighted by Gasteiger charge is 2.21. The lowest BCUT2D eigenvalue weighted by Gasteiger charge is -2.28. The summed E-state index contributed by atoms with van der Waals surface area (Å²) in [4.78, 5) is 14.1. The number of halogens is 1. The lowest BCUT2D eigenvalue weighted by molar-refractivity contribution is 0.0578. The van der Waals surface area contributed by atoms with Crippen LogP contribution >= 0.6 is 0 Å². The van der Waals surface area contributed by atoms with Crippen molar-refractivity contribution in [3.63, 3.8) is 0 Å². The van der Waals surface area contributed by atoms with Gasteiger partial charge in [-0.2, -0.15) is 0 Å². The molecule has 0 spiro atoms. The molecule has 1 aromatic carbocycles. The fourth-order valence-electron chi connectivity index (χ4n) is 2.01. The van der Waals surface area contributed by atoms with Gasteiger partial charge in [-0.25, -0.2) is 4.39 Å². The number of hydrogen-bond acceptors (Lipinski definition) is 2. The van der Waals surface area contributed by atoms with Crippen LogP contribution in [0, 0.1) is 12.7 Å². The van der Waals surface area contributed by atoms with Crippen LogP contribution in [0.15, 0.2) is 18.2 Å².